The summed E-state index contributed by atoms with van der Waals surface area (Å²) in [7, 11) is 0. The minimum absolute atomic E-state index is 0.0882. The summed E-state index contributed by atoms with van der Waals surface area (Å²) in [4.78, 5) is 32.7. The van der Waals surface area contributed by atoms with Crippen molar-refractivity contribution < 1.29 is 9.59 Å². The Morgan fingerprint density at radius 1 is 1.11 bits per heavy atom. The summed E-state index contributed by atoms with van der Waals surface area (Å²) < 4.78 is 1.84. The highest BCUT2D eigenvalue weighted by Gasteiger charge is 2.16. The van der Waals surface area contributed by atoms with E-state index in [2.05, 4.69) is 15.3 Å². The first-order valence-corrected chi connectivity index (χ1v) is 9.09. The molecule has 3 N–H and O–H groups in total. The van der Waals surface area contributed by atoms with E-state index in [1.807, 2.05) is 34.2 Å². The molecule has 0 aliphatic heterocycles. The van der Waals surface area contributed by atoms with Gasteiger partial charge < -0.3 is 15.6 Å². The van der Waals surface area contributed by atoms with Crippen molar-refractivity contribution in [1.29, 1.82) is 0 Å². The Bertz CT molecular complexity index is 1120. The summed E-state index contributed by atoms with van der Waals surface area (Å²) in [5.74, 6) is -0.0659. The average molecular weight is 377 g/mol. The zero-order chi connectivity index (χ0) is 18.8. The van der Waals surface area contributed by atoms with Crippen LogP contribution in [-0.2, 0) is 11.3 Å². The molecule has 0 unspecified atom stereocenters. The molecule has 0 fully saturated rings. The number of aromatic nitrogens is 3. The predicted molar refractivity (Wildman–Crippen MR) is 104 cm³/mol. The molecule has 0 radical (unpaired) electrons. The molecule has 27 heavy (non-hydrogen) atoms. The van der Waals surface area contributed by atoms with Gasteiger partial charge in [0.1, 0.15) is 12.2 Å². The number of rotatable bonds is 5. The van der Waals surface area contributed by atoms with Crippen molar-refractivity contribution >= 4 is 39.9 Å². The molecule has 0 bridgehead atoms. The highest BCUT2D eigenvalue weighted by Crippen LogP contribution is 2.24. The van der Waals surface area contributed by atoms with E-state index in [0.29, 0.717) is 17.1 Å². The largest absolute Gasteiger partial charge is 0.366 e. The molecule has 134 valence electrons. The van der Waals surface area contributed by atoms with Gasteiger partial charge in [-0.25, -0.2) is 9.97 Å². The highest BCUT2D eigenvalue weighted by atomic mass is 32.1. The fourth-order valence-electron chi connectivity index (χ4n) is 2.82. The quantitative estimate of drug-likeness (QED) is 0.558. The Kier molecular flexibility index (Phi) is 4.39. The molecule has 2 amide bonds. The van der Waals surface area contributed by atoms with E-state index in [1.165, 1.54) is 11.3 Å². The smallest absolute Gasteiger partial charge is 0.248 e. The Labute approximate surface area is 158 Å². The molecular formula is C19H15N5O2S. The summed E-state index contributed by atoms with van der Waals surface area (Å²) in [5, 5.41) is 4.73. The monoisotopic (exact) mass is 377 g/mol. The second kappa shape index (κ2) is 7.00. The number of carbonyl (C=O) groups excluding carboxylic acids is 2. The van der Waals surface area contributed by atoms with E-state index < -0.39 is 5.91 Å². The molecule has 4 rings (SSSR count). The highest BCUT2D eigenvalue weighted by molar-refractivity contribution is 7.07. The first-order chi connectivity index (χ1) is 13.1. The number of anilines is 1. The number of thiazole rings is 1. The van der Waals surface area contributed by atoms with Crippen molar-refractivity contribution in [3.63, 3.8) is 0 Å². The number of para-hydroxylation sites is 2. The van der Waals surface area contributed by atoms with Gasteiger partial charge in [0.05, 0.1) is 16.5 Å². The number of hydrogen-bond donors (Lipinski definition) is 2. The number of benzene rings is 2. The number of carbonyl (C=O) groups is 2. The Hall–Kier alpha value is -3.52. The Morgan fingerprint density at radius 2 is 1.89 bits per heavy atom. The molecule has 7 nitrogen and oxygen atoms in total. The van der Waals surface area contributed by atoms with Crippen LogP contribution in [0.5, 0.6) is 0 Å². The molecule has 0 aliphatic carbocycles. The number of primary amides is 1. The lowest BCUT2D eigenvalue weighted by Crippen LogP contribution is -2.19. The van der Waals surface area contributed by atoms with E-state index in [4.69, 9.17) is 5.73 Å². The maximum atomic E-state index is 12.6. The third-order valence-corrected chi connectivity index (χ3v) is 4.66. The molecular weight excluding hydrogens is 362 g/mol. The van der Waals surface area contributed by atoms with Crippen LogP contribution in [0.1, 0.15) is 10.4 Å². The third-order valence-electron chi connectivity index (χ3n) is 4.07. The van der Waals surface area contributed by atoms with Crippen LogP contribution in [0.15, 0.2) is 59.4 Å². The zero-order valence-electron chi connectivity index (χ0n) is 14.1. The van der Waals surface area contributed by atoms with Gasteiger partial charge in [-0.05, 0) is 36.4 Å². The van der Waals surface area contributed by atoms with Crippen molar-refractivity contribution in [3.05, 3.63) is 65.0 Å². The minimum atomic E-state index is -0.509. The number of imidazole rings is 1. The second-order valence-electron chi connectivity index (χ2n) is 5.87. The van der Waals surface area contributed by atoms with Gasteiger partial charge in [-0.15, -0.1) is 11.3 Å². The van der Waals surface area contributed by atoms with Gasteiger partial charge in [-0.2, -0.15) is 0 Å². The van der Waals surface area contributed by atoms with Crippen molar-refractivity contribution in [2.45, 2.75) is 6.54 Å². The van der Waals surface area contributed by atoms with Crippen molar-refractivity contribution in [1.82, 2.24) is 14.5 Å². The van der Waals surface area contributed by atoms with E-state index >= 15 is 0 Å². The van der Waals surface area contributed by atoms with Gasteiger partial charge in [0.15, 0.2) is 5.82 Å². The summed E-state index contributed by atoms with van der Waals surface area (Å²) in [6, 6.07) is 14.1. The zero-order valence-corrected chi connectivity index (χ0v) is 14.9. The Balaban J connectivity index is 1.61. The third kappa shape index (κ3) is 3.42. The lowest BCUT2D eigenvalue weighted by atomic mass is 10.2. The molecule has 0 spiro atoms. The van der Waals surface area contributed by atoms with Gasteiger partial charge in [-0.3, -0.25) is 9.59 Å². The van der Waals surface area contributed by atoms with E-state index in [9.17, 15) is 9.59 Å². The summed E-state index contributed by atoms with van der Waals surface area (Å²) in [6.07, 6.45) is 0. The number of amides is 2. The normalized spacial score (nSPS) is 10.8. The number of nitrogens with one attached hydrogen (secondary N) is 1. The molecule has 2 aromatic heterocycles. The van der Waals surface area contributed by atoms with Crippen LogP contribution in [0.3, 0.4) is 0 Å². The van der Waals surface area contributed by atoms with Crippen molar-refractivity contribution in [2.24, 2.45) is 5.73 Å². The predicted octanol–water partition coefficient (Wildman–Crippen LogP) is 2.90. The van der Waals surface area contributed by atoms with Crippen molar-refractivity contribution in [2.75, 3.05) is 5.32 Å². The lowest BCUT2D eigenvalue weighted by molar-refractivity contribution is -0.116. The molecule has 0 aliphatic rings. The molecule has 0 atom stereocenters. The molecule has 2 heterocycles. The van der Waals surface area contributed by atoms with Gasteiger partial charge in [0.25, 0.3) is 0 Å². The topological polar surface area (TPSA) is 103 Å². The standard InChI is InChI=1S/C19H15N5O2S/c20-18(26)12-5-7-13(8-6-12)22-17(25)9-24-16-4-2-1-3-14(16)23-19(24)15-10-27-11-21-15/h1-8,10-11H,9H2,(H2,20,26)(H,22,25). The SMILES string of the molecule is NC(=O)c1ccc(NC(=O)Cn2c(-c3cscn3)nc3ccccc32)cc1. The maximum absolute atomic E-state index is 12.6. The summed E-state index contributed by atoms with van der Waals surface area (Å²) >= 11 is 1.48. The van der Waals surface area contributed by atoms with Gasteiger partial charge in [-0.1, -0.05) is 12.1 Å². The van der Waals surface area contributed by atoms with E-state index in [0.717, 1.165) is 16.7 Å². The van der Waals surface area contributed by atoms with Gasteiger partial charge in [0, 0.05) is 16.6 Å². The van der Waals surface area contributed by atoms with Crippen LogP contribution >= 0.6 is 11.3 Å². The average Bonchev–Trinajstić information content (AvgIpc) is 3.30. The van der Waals surface area contributed by atoms with Gasteiger partial charge >= 0.3 is 0 Å². The van der Waals surface area contributed by atoms with Crippen LogP contribution in [0, 0.1) is 0 Å². The van der Waals surface area contributed by atoms with Crippen LogP contribution in [0.2, 0.25) is 0 Å². The first kappa shape index (κ1) is 16.9. The maximum Gasteiger partial charge on any atom is 0.248 e. The first-order valence-electron chi connectivity index (χ1n) is 8.15. The number of nitrogens with zero attached hydrogens (tertiary/aromatic N) is 3. The summed E-state index contributed by atoms with van der Waals surface area (Å²) in [5.41, 5.74) is 10.3. The van der Waals surface area contributed by atoms with E-state index in [-0.39, 0.29) is 12.5 Å². The van der Waals surface area contributed by atoms with E-state index in [1.54, 1.807) is 29.8 Å². The Morgan fingerprint density at radius 3 is 2.59 bits per heavy atom. The number of nitrogens with two attached hydrogens (primary N) is 1. The van der Waals surface area contributed by atoms with Crippen LogP contribution < -0.4 is 11.1 Å². The molecule has 0 saturated heterocycles. The van der Waals surface area contributed by atoms with Crippen LogP contribution in [-0.4, -0.2) is 26.3 Å². The minimum Gasteiger partial charge on any atom is -0.366 e. The fourth-order valence-corrected chi connectivity index (χ4v) is 3.35. The summed E-state index contributed by atoms with van der Waals surface area (Å²) in [6.45, 7) is 0.0882. The molecule has 0 saturated carbocycles. The number of hydrogen-bond acceptors (Lipinski definition) is 5. The van der Waals surface area contributed by atoms with Crippen LogP contribution in [0.4, 0.5) is 5.69 Å². The second-order valence-corrected chi connectivity index (χ2v) is 6.59. The molecule has 2 aromatic carbocycles. The number of fused-ring (bicyclic) bond motifs is 1. The van der Waals surface area contributed by atoms with Crippen molar-refractivity contribution in [3.8, 4) is 11.5 Å². The lowest BCUT2D eigenvalue weighted by Gasteiger charge is -2.09. The molecule has 8 heteroatoms. The fraction of sp³-hybridized carbons (Fsp3) is 0.0526. The molecule has 4 aromatic rings. The van der Waals surface area contributed by atoms with Gasteiger partial charge in [0.2, 0.25) is 11.8 Å². The van der Waals surface area contributed by atoms with Crippen LogP contribution in [0.25, 0.3) is 22.6 Å².